The van der Waals surface area contributed by atoms with Gasteiger partial charge in [-0.2, -0.15) is 0 Å². The van der Waals surface area contributed by atoms with Crippen molar-refractivity contribution in [1.29, 1.82) is 0 Å². The average molecular weight is 174 g/mol. The monoisotopic (exact) mass is 173 g/mol. The van der Waals surface area contributed by atoms with E-state index in [0.29, 0.717) is 0 Å². The predicted molar refractivity (Wildman–Crippen MR) is 38.5 cm³/mol. The van der Waals surface area contributed by atoms with Crippen LogP contribution in [0.2, 0.25) is 0 Å². The summed E-state index contributed by atoms with van der Waals surface area (Å²) in [6.45, 7) is 3.35. The zero-order valence-electron chi connectivity index (χ0n) is 4.07. The van der Waals surface area contributed by atoms with Crippen molar-refractivity contribution in [2.45, 2.75) is 9.83 Å². The van der Waals surface area contributed by atoms with Crippen molar-refractivity contribution < 1.29 is 0 Å². The molecule has 1 nitrogen and oxygen atoms in total. The third kappa shape index (κ3) is 2.78. The first-order chi connectivity index (χ1) is 3.48. The zero-order chi connectivity index (χ0) is 6.78. The first-order valence-corrected chi connectivity index (χ1v) is 3.11. The van der Waals surface area contributed by atoms with E-state index in [4.69, 9.17) is 40.5 Å². The standard InChI is InChI=1S/C4H6Cl3N/c1-2-3(5)4(6,7)8/h2-3H,1,8H2. The van der Waals surface area contributed by atoms with Crippen molar-refractivity contribution in [3.05, 3.63) is 12.7 Å². The van der Waals surface area contributed by atoms with E-state index in [1.54, 1.807) is 0 Å². The van der Waals surface area contributed by atoms with Crippen molar-refractivity contribution in [3.63, 3.8) is 0 Å². The molecule has 0 aromatic rings. The van der Waals surface area contributed by atoms with Crippen LogP contribution in [0.3, 0.4) is 0 Å². The van der Waals surface area contributed by atoms with Gasteiger partial charge in [0, 0.05) is 0 Å². The van der Waals surface area contributed by atoms with Crippen molar-refractivity contribution >= 4 is 34.8 Å². The Kier molecular flexibility index (Phi) is 3.13. The molecule has 0 spiro atoms. The molecule has 1 unspecified atom stereocenters. The summed E-state index contributed by atoms with van der Waals surface area (Å²) in [4.78, 5) is 0. The maximum atomic E-state index is 5.43. The number of rotatable bonds is 2. The summed E-state index contributed by atoms with van der Waals surface area (Å²) in [5.74, 6) is 0. The average Bonchev–Trinajstić information content (AvgIpc) is 1.62. The number of halogens is 3. The highest BCUT2D eigenvalue weighted by atomic mass is 35.5. The van der Waals surface area contributed by atoms with Gasteiger partial charge in [-0.15, -0.1) is 18.2 Å². The van der Waals surface area contributed by atoms with Crippen LogP contribution in [0.25, 0.3) is 0 Å². The van der Waals surface area contributed by atoms with Gasteiger partial charge in [0.25, 0.3) is 0 Å². The highest BCUT2D eigenvalue weighted by Gasteiger charge is 2.25. The van der Waals surface area contributed by atoms with Crippen molar-refractivity contribution in [3.8, 4) is 0 Å². The van der Waals surface area contributed by atoms with E-state index >= 15 is 0 Å². The van der Waals surface area contributed by atoms with E-state index < -0.39 is 9.83 Å². The van der Waals surface area contributed by atoms with Gasteiger partial charge in [-0.3, -0.25) is 5.73 Å². The molecule has 0 aromatic carbocycles. The molecule has 0 rings (SSSR count). The minimum Gasteiger partial charge on any atom is -0.299 e. The van der Waals surface area contributed by atoms with Gasteiger partial charge in [0.1, 0.15) is 0 Å². The topological polar surface area (TPSA) is 26.0 Å². The number of nitrogens with two attached hydrogens (primary N) is 1. The zero-order valence-corrected chi connectivity index (χ0v) is 6.34. The quantitative estimate of drug-likeness (QED) is 0.386. The molecule has 0 fully saturated rings. The van der Waals surface area contributed by atoms with Crippen LogP contribution in [0.1, 0.15) is 0 Å². The molecule has 0 aromatic heterocycles. The molecular formula is C4H6Cl3N. The Labute approximate surface area is 63.4 Å². The summed E-state index contributed by atoms with van der Waals surface area (Å²) in [5.41, 5.74) is 5.12. The van der Waals surface area contributed by atoms with E-state index in [1.165, 1.54) is 6.08 Å². The van der Waals surface area contributed by atoms with Gasteiger partial charge in [0.2, 0.25) is 0 Å². The number of alkyl halides is 3. The molecule has 0 aliphatic heterocycles. The molecule has 0 bridgehead atoms. The lowest BCUT2D eigenvalue weighted by atomic mass is 10.4. The second-order valence-electron chi connectivity index (χ2n) is 1.31. The fourth-order valence-electron chi connectivity index (χ4n) is 0.157. The fourth-order valence-corrected chi connectivity index (χ4v) is 0.335. The van der Waals surface area contributed by atoms with Gasteiger partial charge >= 0.3 is 0 Å². The molecule has 0 saturated carbocycles. The number of hydrogen-bond acceptors (Lipinski definition) is 1. The smallest absolute Gasteiger partial charge is 0.186 e. The van der Waals surface area contributed by atoms with Gasteiger partial charge in [-0.25, -0.2) is 0 Å². The highest BCUT2D eigenvalue weighted by molar-refractivity contribution is 6.52. The second kappa shape index (κ2) is 2.92. The molecule has 8 heavy (non-hydrogen) atoms. The van der Waals surface area contributed by atoms with Crippen LogP contribution >= 0.6 is 34.8 Å². The Morgan fingerprint density at radius 3 is 2.00 bits per heavy atom. The van der Waals surface area contributed by atoms with E-state index in [-0.39, 0.29) is 0 Å². The van der Waals surface area contributed by atoms with E-state index in [1.807, 2.05) is 0 Å². The molecule has 0 amide bonds. The lowest BCUT2D eigenvalue weighted by molar-refractivity contribution is 0.847. The van der Waals surface area contributed by atoms with E-state index in [9.17, 15) is 0 Å². The van der Waals surface area contributed by atoms with Crippen LogP contribution in [0.5, 0.6) is 0 Å². The Morgan fingerprint density at radius 2 is 2.00 bits per heavy atom. The summed E-state index contributed by atoms with van der Waals surface area (Å²) >= 11 is 16.1. The summed E-state index contributed by atoms with van der Waals surface area (Å²) < 4.78 is -1.40. The summed E-state index contributed by atoms with van der Waals surface area (Å²) in [7, 11) is 0. The molecule has 0 radical (unpaired) electrons. The van der Waals surface area contributed by atoms with Gasteiger partial charge in [-0.05, 0) is 0 Å². The molecule has 1 atom stereocenters. The van der Waals surface area contributed by atoms with Crippen LogP contribution in [-0.4, -0.2) is 9.83 Å². The maximum absolute atomic E-state index is 5.43. The molecule has 48 valence electrons. The fraction of sp³-hybridized carbons (Fsp3) is 0.500. The van der Waals surface area contributed by atoms with Gasteiger partial charge in [0.05, 0.1) is 5.38 Å². The summed E-state index contributed by atoms with van der Waals surface area (Å²) in [6, 6.07) is 0. The Bertz CT molecular complexity index is 85.8. The molecule has 0 aliphatic rings. The van der Waals surface area contributed by atoms with Crippen molar-refractivity contribution in [1.82, 2.24) is 0 Å². The van der Waals surface area contributed by atoms with Crippen LogP contribution in [0, 0.1) is 0 Å². The Hall–Kier alpha value is 0.570. The van der Waals surface area contributed by atoms with Crippen LogP contribution in [0.4, 0.5) is 0 Å². The van der Waals surface area contributed by atoms with Gasteiger partial charge < -0.3 is 0 Å². The molecular weight excluding hydrogens is 168 g/mol. The lowest BCUT2D eigenvalue weighted by Crippen LogP contribution is -2.34. The lowest BCUT2D eigenvalue weighted by Gasteiger charge is -2.15. The minimum absolute atomic E-state index is 0.606. The second-order valence-corrected chi connectivity index (χ2v) is 3.23. The van der Waals surface area contributed by atoms with Crippen LogP contribution in [0.15, 0.2) is 12.7 Å². The van der Waals surface area contributed by atoms with Crippen LogP contribution < -0.4 is 5.73 Å². The SMILES string of the molecule is C=CC(Cl)C(N)(Cl)Cl. The first-order valence-electron chi connectivity index (χ1n) is 1.92. The third-order valence-corrected chi connectivity index (χ3v) is 1.79. The van der Waals surface area contributed by atoms with Crippen LogP contribution in [-0.2, 0) is 0 Å². The highest BCUT2D eigenvalue weighted by Crippen LogP contribution is 2.23. The Morgan fingerprint density at radius 1 is 1.62 bits per heavy atom. The van der Waals surface area contributed by atoms with Gasteiger partial charge in [-0.1, -0.05) is 29.3 Å². The summed E-state index contributed by atoms with van der Waals surface area (Å²) in [6.07, 6.45) is 1.38. The first kappa shape index (κ1) is 8.57. The maximum Gasteiger partial charge on any atom is 0.186 e. The largest absolute Gasteiger partial charge is 0.299 e. The molecule has 0 aliphatic carbocycles. The Balaban J connectivity index is 3.80. The third-order valence-electron chi connectivity index (χ3n) is 0.575. The molecule has 0 heterocycles. The summed E-state index contributed by atoms with van der Waals surface area (Å²) in [5, 5.41) is -0.606. The normalized spacial score (nSPS) is 15.5. The van der Waals surface area contributed by atoms with E-state index in [2.05, 4.69) is 6.58 Å². The van der Waals surface area contributed by atoms with E-state index in [0.717, 1.165) is 0 Å². The van der Waals surface area contributed by atoms with Crippen molar-refractivity contribution in [2.75, 3.05) is 0 Å². The molecule has 0 saturated heterocycles. The van der Waals surface area contributed by atoms with Gasteiger partial charge in [0.15, 0.2) is 4.46 Å². The minimum atomic E-state index is -1.40. The molecule has 2 N–H and O–H groups in total. The number of hydrogen-bond donors (Lipinski definition) is 1. The van der Waals surface area contributed by atoms with Crippen molar-refractivity contribution in [2.24, 2.45) is 5.73 Å². The molecule has 4 heteroatoms. The predicted octanol–water partition coefficient (Wildman–Crippen LogP) is 1.87.